The summed E-state index contributed by atoms with van der Waals surface area (Å²) >= 11 is 0. The molecule has 0 aliphatic heterocycles. The van der Waals surface area contributed by atoms with Crippen molar-refractivity contribution >= 4 is 11.8 Å². The molecule has 2 amide bonds. The number of aromatic nitrogens is 3. The van der Waals surface area contributed by atoms with Crippen LogP contribution < -0.4 is 21.5 Å². The maximum absolute atomic E-state index is 13.1. The van der Waals surface area contributed by atoms with Crippen LogP contribution >= 0.6 is 0 Å². The van der Waals surface area contributed by atoms with Crippen LogP contribution in [-0.2, 0) is 22.6 Å². The number of methoxy groups -OCH3 is 1. The molecule has 1 heterocycles. The van der Waals surface area contributed by atoms with Crippen molar-refractivity contribution in [3.63, 3.8) is 0 Å². The number of ether oxygens (including phenoxy) is 1. The predicted molar refractivity (Wildman–Crippen MR) is 106 cm³/mol. The van der Waals surface area contributed by atoms with Gasteiger partial charge in [0.25, 0.3) is 0 Å². The molecule has 150 valence electrons. The van der Waals surface area contributed by atoms with Gasteiger partial charge in [0.05, 0.1) is 13.7 Å². The van der Waals surface area contributed by atoms with Crippen molar-refractivity contribution in [3.05, 3.63) is 76.5 Å². The van der Waals surface area contributed by atoms with Gasteiger partial charge >= 0.3 is 5.69 Å². The third-order valence-electron chi connectivity index (χ3n) is 4.22. The van der Waals surface area contributed by atoms with Crippen LogP contribution in [0.1, 0.15) is 11.4 Å². The number of primary amides is 1. The van der Waals surface area contributed by atoms with Crippen LogP contribution in [0.25, 0.3) is 5.69 Å². The summed E-state index contributed by atoms with van der Waals surface area (Å²) in [6, 6.07) is 16.4. The Morgan fingerprint density at radius 1 is 1.10 bits per heavy atom. The SMILES string of the molecule is COc1ccccc1-n1nc(Cc2ccccc2)n(CC(=O)NCC(N)=O)c1=O. The molecule has 0 fully saturated rings. The number of carbonyl (C=O) groups is 2. The second-order valence-corrected chi connectivity index (χ2v) is 6.27. The summed E-state index contributed by atoms with van der Waals surface area (Å²) in [5, 5.41) is 6.83. The molecule has 3 rings (SSSR count). The van der Waals surface area contributed by atoms with Crippen LogP contribution in [0.3, 0.4) is 0 Å². The normalized spacial score (nSPS) is 10.5. The Kier molecular flexibility index (Phi) is 6.08. The van der Waals surface area contributed by atoms with Crippen LogP contribution in [0.4, 0.5) is 0 Å². The lowest BCUT2D eigenvalue weighted by Crippen LogP contribution is -2.38. The van der Waals surface area contributed by atoms with E-state index in [4.69, 9.17) is 10.5 Å². The highest BCUT2D eigenvalue weighted by Gasteiger charge is 2.19. The summed E-state index contributed by atoms with van der Waals surface area (Å²) in [6.07, 6.45) is 0.349. The molecule has 29 heavy (non-hydrogen) atoms. The van der Waals surface area contributed by atoms with E-state index in [0.717, 1.165) is 5.56 Å². The Balaban J connectivity index is 2.02. The van der Waals surface area contributed by atoms with Crippen molar-refractivity contribution in [2.45, 2.75) is 13.0 Å². The predicted octanol–water partition coefficient (Wildman–Crippen LogP) is 0.235. The summed E-state index contributed by atoms with van der Waals surface area (Å²) < 4.78 is 7.81. The standard InChI is InChI=1S/C20H21N5O4/c1-29-16-10-6-5-9-15(16)25-20(28)24(13-19(27)22-12-17(21)26)18(23-25)11-14-7-3-2-4-8-14/h2-10H,11-13H2,1H3,(H2,21,26)(H,22,27). The molecule has 0 atom stereocenters. The fourth-order valence-electron chi connectivity index (χ4n) is 2.85. The lowest BCUT2D eigenvalue weighted by atomic mass is 10.1. The average Bonchev–Trinajstić information content (AvgIpc) is 3.02. The van der Waals surface area contributed by atoms with Crippen molar-refractivity contribution in [1.82, 2.24) is 19.7 Å². The van der Waals surface area contributed by atoms with Crippen LogP contribution in [0, 0.1) is 0 Å². The van der Waals surface area contributed by atoms with E-state index in [9.17, 15) is 14.4 Å². The fourth-order valence-corrected chi connectivity index (χ4v) is 2.85. The van der Waals surface area contributed by atoms with Crippen molar-refractivity contribution in [2.24, 2.45) is 5.73 Å². The van der Waals surface area contributed by atoms with E-state index in [1.165, 1.54) is 16.4 Å². The molecule has 2 aromatic carbocycles. The number of hydrogen-bond donors (Lipinski definition) is 2. The summed E-state index contributed by atoms with van der Waals surface area (Å²) in [4.78, 5) is 36.2. The largest absolute Gasteiger partial charge is 0.494 e. The zero-order valence-corrected chi connectivity index (χ0v) is 15.9. The van der Waals surface area contributed by atoms with Gasteiger partial charge in [-0.3, -0.25) is 14.2 Å². The highest BCUT2D eigenvalue weighted by molar-refractivity contribution is 5.83. The van der Waals surface area contributed by atoms with Gasteiger partial charge in [0.1, 0.15) is 23.8 Å². The Bertz CT molecular complexity index is 1070. The zero-order valence-electron chi connectivity index (χ0n) is 15.9. The van der Waals surface area contributed by atoms with E-state index >= 15 is 0 Å². The molecular weight excluding hydrogens is 374 g/mol. The summed E-state index contributed by atoms with van der Waals surface area (Å²) in [5.41, 5.74) is 5.96. The van der Waals surface area contributed by atoms with E-state index in [-0.39, 0.29) is 13.1 Å². The molecule has 9 nitrogen and oxygen atoms in total. The zero-order chi connectivity index (χ0) is 20.8. The molecule has 0 aliphatic carbocycles. The average molecular weight is 395 g/mol. The second kappa shape index (κ2) is 8.87. The number of benzene rings is 2. The maximum Gasteiger partial charge on any atom is 0.351 e. The lowest BCUT2D eigenvalue weighted by Gasteiger charge is -2.06. The molecule has 3 aromatic rings. The minimum absolute atomic E-state index is 0.288. The molecule has 0 radical (unpaired) electrons. The van der Waals surface area contributed by atoms with Crippen molar-refractivity contribution in [3.8, 4) is 11.4 Å². The molecule has 1 aromatic heterocycles. The highest BCUT2D eigenvalue weighted by Crippen LogP contribution is 2.20. The monoisotopic (exact) mass is 395 g/mol. The van der Waals surface area contributed by atoms with Gasteiger partial charge in [-0.2, -0.15) is 4.68 Å². The number of nitrogens with two attached hydrogens (primary N) is 1. The van der Waals surface area contributed by atoms with Gasteiger partial charge in [0.15, 0.2) is 0 Å². The van der Waals surface area contributed by atoms with E-state index in [0.29, 0.717) is 23.7 Å². The number of nitrogens with one attached hydrogen (secondary N) is 1. The smallest absolute Gasteiger partial charge is 0.351 e. The number of amides is 2. The number of rotatable bonds is 8. The van der Waals surface area contributed by atoms with Crippen molar-refractivity contribution < 1.29 is 14.3 Å². The quantitative estimate of drug-likeness (QED) is 0.566. The Morgan fingerprint density at radius 2 is 1.79 bits per heavy atom. The molecule has 0 spiro atoms. The van der Waals surface area contributed by atoms with Gasteiger partial charge in [-0.25, -0.2) is 4.79 Å². The van der Waals surface area contributed by atoms with Crippen molar-refractivity contribution in [1.29, 1.82) is 0 Å². The molecule has 0 saturated heterocycles. The Morgan fingerprint density at radius 3 is 2.48 bits per heavy atom. The van der Waals surface area contributed by atoms with Gasteiger partial charge in [0, 0.05) is 6.42 Å². The molecule has 0 saturated carbocycles. The number of nitrogens with zero attached hydrogens (tertiary/aromatic N) is 3. The van der Waals surface area contributed by atoms with E-state index < -0.39 is 17.5 Å². The third kappa shape index (κ3) is 4.70. The fraction of sp³-hybridized carbons (Fsp3) is 0.200. The molecule has 9 heteroatoms. The van der Waals surface area contributed by atoms with Gasteiger partial charge in [-0.15, -0.1) is 5.10 Å². The first kappa shape index (κ1) is 19.9. The van der Waals surface area contributed by atoms with Crippen molar-refractivity contribution in [2.75, 3.05) is 13.7 Å². The first-order valence-corrected chi connectivity index (χ1v) is 8.90. The van der Waals surface area contributed by atoms with Crippen LogP contribution in [-0.4, -0.2) is 39.8 Å². The molecule has 0 aliphatic rings. The van der Waals surface area contributed by atoms with Gasteiger partial charge in [-0.05, 0) is 17.7 Å². The summed E-state index contributed by atoms with van der Waals surface area (Å²) in [6.45, 7) is -0.592. The minimum atomic E-state index is -0.667. The first-order chi connectivity index (χ1) is 14.0. The number of para-hydroxylation sites is 2. The van der Waals surface area contributed by atoms with E-state index in [1.807, 2.05) is 30.3 Å². The van der Waals surface area contributed by atoms with Gasteiger partial charge in [-0.1, -0.05) is 42.5 Å². The molecular formula is C20H21N5O4. The Hall–Kier alpha value is -3.88. The van der Waals surface area contributed by atoms with E-state index in [1.54, 1.807) is 24.3 Å². The highest BCUT2D eigenvalue weighted by atomic mass is 16.5. The summed E-state index contributed by atoms with van der Waals surface area (Å²) in [5.74, 6) is -0.301. The van der Waals surface area contributed by atoms with Crippen LogP contribution in [0.5, 0.6) is 5.75 Å². The maximum atomic E-state index is 13.1. The number of carbonyl (C=O) groups excluding carboxylic acids is 2. The van der Waals surface area contributed by atoms with Crippen LogP contribution in [0.15, 0.2) is 59.4 Å². The molecule has 0 bridgehead atoms. The molecule has 0 unspecified atom stereocenters. The summed E-state index contributed by atoms with van der Waals surface area (Å²) in [7, 11) is 1.50. The topological polar surface area (TPSA) is 121 Å². The van der Waals surface area contributed by atoms with Crippen LogP contribution in [0.2, 0.25) is 0 Å². The number of hydrogen-bond acceptors (Lipinski definition) is 5. The van der Waals surface area contributed by atoms with E-state index in [2.05, 4.69) is 10.4 Å². The first-order valence-electron chi connectivity index (χ1n) is 8.90. The third-order valence-corrected chi connectivity index (χ3v) is 4.22. The van der Waals surface area contributed by atoms with Gasteiger partial charge in [0.2, 0.25) is 11.8 Å². The second-order valence-electron chi connectivity index (χ2n) is 6.27. The molecule has 3 N–H and O–H groups in total. The Labute approximate surface area is 166 Å². The minimum Gasteiger partial charge on any atom is -0.494 e. The van der Waals surface area contributed by atoms with Gasteiger partial charge < -0.3 is 15.8 Å². The lowest BCUT2D eigenvalue weighted by molar-refractivity contribution is -0.125.